The third-order valence-electron chi connectivity index (χ3n) is 3.71. The summed E-state index contributed by atoms with van der Waals surface area (Å²) in [6.07, 6.45) is 3.02. The zero-order valence-electron chi connectivity index (χ0n) is 15.4. The Morgan fingerprint density at radius 3 is 2.31 bits per heavy atom. The molecule has 3 N–H and O–H groups in total. The van der Waals surface area contributed by atoms with Crippen LogP contribution >= 0.6 is 0 Å². The van der Waals surface area contributed by atoms with Crippen molar-refractivity contribution in [3.63, 3.8) is 0 Å². The summed E-state index contributed by atoms with van der Waals surface area (Å²) in [6.45, 7) is 2.11. The number of aromatic nitrogens is 3. The minimum atomic E-state index is -4.04. The highest BCUT2D eigenvalue weighted by molar-refractivity contribution is 7.89. The molecule has 0 amide bonds. The molecule has 0 aliphatic rings. The number of hydrogen-bond acceptors (Lipinski definition) is 7. The number of halogens is 2. The molecular formula is C18H18F2N6O2S. The topological polar surface area (TPSA) is 109 Å². The average Bonchev–Trinajstić information content (AvgIpc) is 2.65. The lowest BCUT2D eigenvalue weighted by molar-refractivity contribution is 0.562. The molecule has 0 spiro atoms. The van der Waals surface area contributed by atoms with Crippen molar-refractivity contribution >= 4 is 27.5 Å². The van der Waals surface area contributed by atoms with E-state index < -0.39 is 26.6 Å². The fourth-order valence-electron chi connectivity index (χ4n) is 2.40. The first-order chi connectivity index (χ1) is 13.8. The molecule has 0 radical (unpaired) electrons. The summed E-state index contributed by atoms with van der Waals surface area (Å²) in [4.78, 5) is 11.9. The van der Waals surface area contributed by atoms with Crippen LogP contribution in [0.1, 0.15) is 5.56 Å². The van der Waals surface area contributed by atoms with Crippen molar-refractivity contribution in [1.82, 2.24) is 19.7 Å². The summed E-state index contributed by atoms with van der Waals surface area (Å²) in [6, 6.07) is 7.48. The van der Waals surface area contributed by atoms with Gasteiger partial charge in [-0.05, 0) is 36.8 Å². The van der Waals surface area contributed by atoms with Crippen LogP contribution in [0.3, 0.4) is 0 Å². The molecule has 3 aromatic rings. The molecule has 0 fully saturated rings. The monoisotopic (exact) mass is 420 g/mol. The van der Waals surface area contributed by atoms with E-state index in [-0.39, 0.29) is 13.1 Å². The van der Waals surface area contributed by atoms with Crippen LogP contribution in [0.5, 0.6) is 0 Å². The Bertz CT molecular complexity index is 1090. The summed E-state index contributed by atoms with van der Waals surface area (Å²) in [5.41, 5.74) is 1.04. The highest BCUT2D eigenvalue weighted by Gasteiger charge is 2.15. The number of anilines is 3. The lowest BCUT2D eigenvalue weighted by Gasteiger charge is -2.10. The van der Waals surface area contributed by atoms with Gasteiger partial charge >= 0.3 is 0 Å². The summed E-state index contributed by atoms with van der Waals surface area (Å²) < 4.78 is 52.9. The van der Waals surface area contributed by atoms with Crippen molar-refractivity contribution in [2.75, 3.05) is 23.7 Å². The van der Waals surface area contributed by atoms with Crippen LogP contribution in [0.15, 0.2) is 53.8 Å². The second-order valence-electron chi connectivity index (χ2n) is 6.06. The molecule has 152 valence electrons. The Labute approximate surface area is 166 Å². The van der Waals surface area contributed by atoms with Gasteiger partial charge in [-0.15, -0.1) is 0 Å². The van der Waals surface area contributed by atoms with Gasteiger partial charge in [-0.2, -0.15) is 0 Å². The van der Waals surface area contributed by atoms with Crippen molar-refractivity contribution in [2.45, 2.75) is 11.8 Å². The van der Waals surface area contributed by atoms with Gasteiger partial charge in [0, 0.05) is 31.4 Å². The third-order valence-corrected chi connectivity index (χ3v) is 5.15. The number of hydrogen-bond donors (Lipinski definition) is 3. The Balaban J connectivity index is 1.55. The van der Waals surface area contributed by atoms with Gasteiger partial charge < -0.3 is 10.6 Å². The molecule has 0 unspecified atom stereocenters. The van der Waals surface area contributed by atoms with Crippen LogP contribution in [0.25, 0.3) is 0 Å². The summed E-state index contributed by atoms with van der Waals surface area (Å²) in [5.74, 6) is -0.326. The predicted octanol–water partition coefficient (Wildman–Crippen LogP) is 2.59. The SMILES string of the molecule is Cc1ccnc(Nc2cc(NCCNS(=O)(=O)c3cc(F)cc(F)c3)ncn2)c1. The first-order valence-corrected chi connectivity index (χ1v) is 10.0. The van der Waals surface area contributed by atoms with E-state index in [4.69, 9.17) is 0 Å². The molecule has 0 saturated carbocycles. The maximum atomic E-state index is 13.2. The molecule has 2 heterocycles. The number of benzene rings is 1. The van der Waals surface area contributed by atoms with Gasteiger partial charge in [-0.1, -0.05) is 0 Å². The Morgan fingerprint density at radius 2 is 1.59 bits per heavy atom. The quantitative estimate of drug-likeness (QED) is 0.481. The van der Waals surface area contributed by atoms with Crippen molar-refractivity contribution < 1.29 is 17.2 Å². The Kier molecular flexibility index (Phi) is 6.29. The molecule has 0 aliphatic heterocycles. The highest BCUT2D eigenvalue weighted by Crippen LogP contribution is 2.15. The van der Waals surface area contributed by atoms with Gasteiger partial charge in [0.2, 0.25) is 10.0 Å². The number of nitrogens with one attached hydrogen (secondary N) is 3. The number of rotatable bonds is 8. The van der Waals surface area contributed by atoms with Crippen LogP contribution in [0, 0.1) is 18.6 Å². The molecule has 8 nitrogen and oxygen atoms in total. The summed E-state index contributed by atoms with van der Waals surface area (Å²) in [7, 11) is -4.04. The fraction of sp³-hybridized carbons (Fsp3) is 0.167. The van der Waals surface area contributed by atoms with E-state index in [0.29, 0.717) is 23.5 Å². The summed E-state index contributed by atoms with van der Waals surface area (Å²) in [5, 5.41) is 5.99. The first kappa shape index (κ1) is 20.6. The predicted molar refractivity (Wildman–Crippen MR) is 104 cm³/mol. The first-order valence-electron chi connectivity index (χ1n) is 8.53. The molecule has 0 bridgehead atoms. The third kappa shape index (κ3) is 5.90. The van der Waals surface area contributed by atoms with Gasteiger partial charge in [0.1, 0.15) is 35.4 Å². The zero-order valence-corrected chi connectivity index (χ0v) is 16.2. The van der Waals surface area contributed by atoms with Gasteiger partial charge in [0.25, 0.3) is 0 Å². The Hall–Kier alpha value is -3.18. The van der Waals surface area contributed by atoms with E-state index in [1.54, 1.807) is 12.3 Å². The second-order valence-corrected chi connectivity index (χ2v) is 7.83. The van der Waals surface area contributed by atoms with E-state index in [1.165, 1.54) is 6.33 Å². The standard InChI is InChI=1S/C18H18F2N6O2S/c1-12-2-3-21-17(6-12)26-18-10-16(23-11-24-18)22-4-5-25-29(27,28)15-8-13(19)7-14(20)9-15/h2-3,6-11,25H,4-5H2,1H3,(H2,21,22,23,24,26). The normalized spacial score (nSPS) is 11.3. The number of sulfonamides is 1. The fourth-order valence-corrected chi connectivity index (χ4v) is 3.47. The van der Waals surface area contributed by atoms with Gasteiger partial charge in [-0.3, -0.25) is 0 Å². The highest BCUT2D eigenvalue weighted by atomic mass is 32.2. The molecule has 29 heavy (non-hydrogen) atoms. The molecule has 0 aliphatic carbocycles. The second kappa shape index (κ2) is 8.88. The number of aryl methyl sites for hydroxylation is 1. The maximum absolute atomic E-state index is 13.2. The summed E-state index contributed by atoms with van der Waals surface area (Å²) >= 11 is 0. The number of pyridine rings is 1. The van der Waals surface area contributed by atoms with Crippen molar-refractivity contribution in [3.05, 3.63) is 66.1 Å². The minimum absolute atomic E-state index is 0.0212. The van der Waals surface area contributed by atoms with E-state index >= 15 is 0 Å². The van der Waals surface area contributed by atoms with E-state index in [0.717, 1.165) is 17.7 Å². The molecule has 2 aromatic heterocycles. The van der Waals surface area contributed by atoms with Crippen molar-refractivity contribution in [3.8, 4) is 0 Å². The van der Waals surface area contributed by atoms with Crippen LogP contribution in [0.2, 0.25) is 0 Å². The molecule has 0 saturated heterocycles. The average molecular weight is 420 g/mol. The van der Waals surface area contributed by atoms with Crippen LogP contribution in [-0.4, -0.2) is 36.5 Å². The molecule has 1 aromatic carbocycles. The van der Waals surface area contributed by atoms with Gasteiger partial charge in [0.15, 0.2) is 0 Å². The molecule has 3 rings (SSSR count). The van der Waals surface area contributed by atoms with E-state index in [1.807, 2.05) is 19.1 Å². The van der Waals surface area contributed by atoms with Crippen LogP contribution in [0.4, 0.5) is 26.2 Å². The van der Waals surface area contributed by atoms with Crippen LogP contribution < -0.4 is 15.4 Å². The lowest BCUT2D eigenvalue weighted by atomic mass is 10.3. The molecular weight excluding hydrogens is 402 g/mol. The largest absolute Gasteiger partial charge is 0.369 e. The smallest absolute Gasteiger partial charge is 0.240 e. The molecule has 11 heteroatoms. The van der Waals surface area contributed by atoms with Gasteiger partial charge in [0.05, 0.1) is 4.90 Å². The number of nitrogens with zero attached hydrogens (tertiary/aromatic N) is 3. The van der Waals surface area contributed by atoms with Crippen LogP contribution in [-0.2, 0) is 10.0 Å². The maximum Gasteiger partial charge on any atom is 0.240 e. The van der Waals surface area contributed by atoms with E-state index in [2.05, 4.69) is 30.3 Å². The zero-order chi connectivity index (χ0) is 20.9. The van der Waals surface area contributed by atoms with Crippen molar-refractivity contribution in [2.24, 2.45) is 0 Å². The Morgan fingerprint density at radius 1 is 0.897 bits per heavy atom. The van der Waals surface area contributed by atoms with Crippen molar-refractivity contribution in [1.29, 1.82) is 0 Å². The lowest BCUT2D eigenvalue weighted by Crippen LogP contribution is -2.29. The van der Waals surface area contributed by atoms with Gasteiger partial charge in [-0.25, -0.2) is 36.9 Å². The minimum Gasteiger partial charge on any atom is -0.369 e. The van der Waals surface area contributed by atoms with E-state index in [9.17, 15) is 17.2 Å². The molecule has 0 atom stereocenters.